The number of amides is 1. The summed E-state index contributed by atoms with van der Waals surface area (Å²) in [5.41, 5.74) is 0.463. The molecule has 2 fully saturated rings. The van der Waals surface area contributed by atoms with E-state index in [0.717, 1.165) is 11.4 Å². The van der Waals surface area contributed by atoms with Gasteiger partial charge in [-0.2, -0.15) is 0 Å². The van der Waals surface area contributed by atoms with Crippen molar-refractivity contribution in [3.05, 3.63) is 29.7 Å². The summed E-state index contributed by atoms with van der Waals surface area (Å²) in [5.74, 6) is -0.366. The Morgan fingerprint density at radius 1 is 1.32 bits per heavy atom. The first-order valence-electron chi connectivity index (χ1n) is 10.4. The number of likely N-dealkylation sites (N-methyl/N-ethyl adjacent to an activating group) is 1. The van der Waals surface area contributed by atoms with Crippen LogP contribution in [0.1, 0.15) is 37.6 Å². The molecule has 2 aliphatic heterocycles. The average Bonchev–Trinajstić information content (AvgIpc) is 3.32. The molecule has 1 amide bonds. The Morgan fingerprint density at radius 2 is 2.10 bits per heavy atom. The smallest absolute Gasteiger partial charge is 0.410 e. The lowest BCUT2D eigenvalue weighted by Gasteiger charge is -2.46. The number of tetrazole rings is 1. The molecule has 166 valence electrons. The third-order valence-corrected chi connectivity index (χ3v) is 5.93. The average molecular weight is 429 g/mol. The van der Waals surface area contributed by atoms with Crippen molar-refractivity contribution >= 4 is 17.9 Å². The highest BCUT2D eigenvalue weighted by molar-refractivity contribution is 5.72. The summed E-state index contributed by atoms with van der Waals surface area (Å²) < 4.78 is 5.49. The van der Waals surface area contributed by atoms with Crippen molar-refractivity contribution in [2.75, 3.05) is 31.6 Å². The largest absolute Gasteiger partial charge is 0.481 e. The van der Waals surface area contributed by atoms with E-state index in [1.165, 1.54) is 0 Å². The van der Waals surface area contributed by atoms with Crippen molar-refractivity contribution in [1.29, 1.82) is 0 Å². The molecule has 0 unspecified atom stereocenters. The number of aliphatic carboxylic acids is 1. The maximum atomic E-state index is 12.0. The molecule has 0 aliphatic carbocycles. The molecule has 4 heterocycles. The Morgan fingerprint density at radius 3 is 2.61 bits per heavy atom. The summed E-state index contributed by atoms with van der Waals surface area (Å²) in [7, 11) is 1.73. The lowest BCUT2D eigenvalue weighted by atomic mass is 9.81. The summed E-state index contributed by atoms with van der Waals surface area (Å²) in [4.78, 5) is 31.8. The number of nitrogens with zero attached hydrogens (tertiary/aromatic N) is 6. The van der Waals surface area contributed by atoms with Crippen LogP contribution in [0.2, 0.25) is 0 Å². The van der Waals surface area contributed by atoms with Gasteiger partial charge in [-0.25, -0.2) is 14.9 Å². The Kier molecular flexibility index (Phi) is 5.50. The number of H-pyrrole nitrogens is 1. The van der Waals surface area contributed by atoms with Gasteiger partial charge >= 0.3 is 12.1 Å². The van der Waals surface area contributed by atoms with E-state index < -0.39 is 17.5 Å². The van der Waals surface area contributed by atoms with Crippen LogP contribution < -0.4 is 4.90 Å². The zero-order valence-corrected chi connectivity index (χ0v) is 17.9. The molecule has 4 rings (SSSR count). The number of carboxylic acids is 1. The minimum atomic E-state index is -0.860. The lowest BCUT2D eigenvalue weighted by Crippen LogP contribution is -2.64. The van der Waals surface area contributed by atoms with Crippen LogP contribution in [0.15, 0.2) is 18.3 Å². The van der Waals surface area contributed by atoms with Crippen LogP contribution in [0.25, 0.3) is 0 Å². The lowest BCUT2D eigenvalue weighted by molar-refractivity contribution is -0.143. The topological polar surface area (TPSA) is 137 Å². The normalized spacial score (nSPS) is 19.4. The highest BCUT2D eigenvalue weighted by Crippen LogP contribution is 2.35. The first-order chi connectivity index (χ1) is 14.8. The molecule has 0 aromatic carbocycles. The number of hydrogen-bond donors (Lipinski definition) is 2. The highest BCUT2D eigenvalue weighted by Gasteiger charge is 2.53. The minimum Gasteiger partial charge on any atom is -0.481 e. The molecular formula is C20H27N7O4. The maximum absolute atomic E-state index is 12.0. The number of anilines is 1. The summed E-state index contributed by atoms with van der Waals surface area (Å²) >= 11 is 0. The third-order valence-electron chi connectivity index (χ3n) is 5.93. The SMILES string of the molecule is CC(C)C[C@H](C(=O)O)[C@H](Cc1ccc(N2CC3(CN(C)C(=O)O3)C2)nc1)c1nnn[nH]1. The Hall–Kier alpha value is -3.24. The molecule has 1 spiro atoms. The molecule has 2 aliphatic rings. The number of rotatable bonds is 8. The molecule has 11 nitrogen and oxygen atoms in total. The third kappa shape index (κ3) is 4.30. The number of carbonyl (C=O) groups is 2. The first-order valence-corrected chi connectivity index (χ1v) is 10.4. The minimum absolute atomic E-state index is 0.224. The van der Waals surface area contributed by atoms with Gasteiger partial charge in [-0.3, -0.25) is 4.79 Å². The van der Waals surface area contributed by atoms with Gasteiger partial charge in [-0.15, -0.1) is 5.10 Å². The maximum Gasteiger partial charge on any atom is 0.410 e. The molecule has 0 radical (unpaired) electrons. The van der Waals surface area contributed by atoms with Crippen LogP contribution >= 0.6 is 0 Å². The number of carboxylic acid groups (broad SMARTS) is 1. The van der Waals surface area contributed by atoms with E-state index in [2.05, 4.69) is 30.5 Å². The molecule has 0 saturated carbocycles. The van der Waals surface area contributed by atoms with Crippen LogP contribution in [0, 0.1) is 11.8 Å². The molecule has 2 saturated heterocycles. The second-order valence-electron chi connectivity index (χ2n) is 8.96. The summed E-state index contributed by atoms with van der Waals surface area (Å²) in [6, 6.07) is 3.86. The zero-order valence-electron chi connectivity index (χ0n) is 17.9. The Balaban J connectivity index is 1.45. The number of nitrogens with one attached hydrogen (secondary N) is 1. The van der Waals surface area contributed by atoms with Gasteiger partial charge in [0.15, 0.2) is 11.4 Å². The number of ether oxygens (including phenoxy) is 1. The monoisotopic (exact) mass is 429 g/mol. The zero-order chi connectivity index (χ0) is 22.2. The van der Waals surface area contributed by atoms with E-state index >= 15 is 0 Å². The van der Waals surface area contributed by atoms with Crippen LogP contribution in [0.3, 0.4) is 0 Å². The van der Waals surface area contributed by atoms with Crippen LogP contribution in [0.4, 0.5) is 10.6 Å². The first kappa shape index (κ1) is 21.0. The van der Waals surface area contributed by atoms with E-state index in [4.69, 9.17) is 4.74 Å². The van der Waals surface area contributed by atoms with Crippen LogP contribution in [-0.4, -0.2) is 80.0 Å². The number of aromatic nitrogens is 5. The van der Waals surface area contributed by atoms with Gasteiger partial charge in [-0.05, 0) is 40.8 Å². The van der Waals surface area contributed by atoms with Gasteiger partial charge in [0.25, 0.3) is 0 Å². The molecule has 11 heteroatoms. The van der Waals surface area contributed by atoms with E-state index in [0.29, 0.717) is 38.3 Å². The molecule has 0 bridgehead atoms. The Labute approximate surface area is 179 Å². The fourth-order valence-electron chi connectivity index (χ4n) is 4.44. The van der Waals surface area contributed by atoms with Gasteiger partial charge < -0.3 is 19.6 Å². The highest BCUT2D eigenvalue weighted by atomic mass is 16.6. The number of pyridine rings is 1. The van der Waals surface area contributed by atoms with Gasteiger partial charge in [0.1, 0.15) is 5.82 Å². The fourth-order valence-corrected chi connectivity index (χ4v) is 4.44. The molecule has 2 atom stereocenters. The van der Waals surface area contributed by atoms with Gasteiger partial charge in [-0.1, -0.05) is 19.9 Å². The number of carbonyl (C=O) groups excluding carboxylic acids is 1. The van der Waals surface area contributed by atoms with Crippen molar-refractivity contribution in [3.63, 3.8) is 0 Å². The predicted molar refractivity (Wildman–Crippen MR) is 109 cm³/mol. The second-order valence-corrected chi connectivity index (χ2v) is 8.96. The van der Waals surface area contributed by atoms with Gasteiger partial charge in [0, 0.05) is 19.2 Å². The quantitative estimate of drug-likeness (QED) is 0.636. The van der Waals surface area contributed by atoms with Crippen molar-refractivity contribution in [3.8, 4) is 0 Å². The van der Waals surface area contributed by atoms with Crippen molar-refractivity contribution in [2.45, 2.75) is 38.2 Å². The standard InChI is InChI=1S/C20H27N7O4/c1-12(2)6-15(18(28)29)14(17-22-24-25-23-17)7-13-4-5-16(21-8-13)27-10-20(11-27)9-26(3)19(30)31-20/h4-5,8,12,14-15H,6-7,9-11H2,1-3H3,(H,28,29)(H,22,23,24,25)/t14-,15-/m0/s1. The van der Waals surface area contributed by atoms with Crippen molar-refractivity contribution in [2.24, 2.45) is 11.8 Å². The van der Waals surface area contributed by atoms with Crippen LogP contribution in [0.5, 0.6) is 0 Å². The molecule has 31 heavy (non-hydrogen) atoms. The Bertz CT molecular complexity index is 926. The molecule has 2 aromatic heterocycles. The summed E-state index contributed by atoms with van der Waals surface area (Å²) in [6.07, 6.45) is 2.46. The summed E-state index contributed by atoms with van der Waals surface area (Å²) in [6.45, 7) is 5.80. The number of aromatic amines is 1. The van der Waals surface area contributed by atoms with E-state index in [1.807, 2.05) is 26.0 Å². The summed E-state index contributed by atoms with van der Waals surface area (Å²) in [5, 5.41) is 23.8. The van der Waals surface area contributed by atoms with E-state index in [-0.39, 0.29) is 17.9 Å². The number of hydrogen-bond acceptors (Lipinski definition) is 8. The van der Waals surface area contributed by atoms with Gasteiger partial charge in [0.05, 0.1) is 25.6 Å². The van der Waals surface area contributed by atoms with E-state index in [1.54, 1.807) is 18.1 Å². The fraction of sp³-hybridized carbons (Fsp3) is 0.600. The second kappa shape index (κ2) is 8.12. The predicted octanol–water partition coefficient (Wildman–Crippen LogP) is 1.31. The van der Waals surface area contributed by atoms with Crippen LogP contribution in [-0.2, 0) is 16.0 Å². The van der Waals surface area contributed by atoms with Gasteiger partial charge in [0.2, 0.25) is 0 Å². The van der Waals surface area contributed by atoms with Crippen molar-refractivity contribution < 1.29 is 19.4 Å². The molecular weight excluding hydrogens is 402 g/mol. The van der Waals surface area contributed by atoms with E-state index in [9.17, 15) is 14.7 Å². The molecule has 2 aromatic rings. The van der Waals surface area contributed by atoms with Crippen molar-refractivity contribution in [1.82, 2.24) is 30.5 Å². The molecule has 2 N–H and O–H groups in total.